The third kappa shape index (κ3) is 6.37. The van der Waals surface area contributed by atoms with Crippen LogP contribution in [-0.2, 0) is 21.7 Å². The molecule has 0 radical (unpaired) electrons. The predicted octanol–water partition coefficient (Wildman–Crippen LogP) is 16.7. The van der Waals surface area contributed by atoms with Crippen LogP contribution in [0.15, 0.2) is 174 Å². The number of rotatable bonds is 4. The third-order valence-electron chi connectivity index (χ3n) is 14.6. The Kier molecular flexibility index (Phi) is 9.12. The van der Waals surface area contributed by atoms with Gasteiger partial charge in [0, 0.05) is 38.6 Å². The van der Waals surface area contributed by atoms with E-state index >= 15 is 0 Å². The van der Waals surface area contributed by atoms with Crippen molar-refractivity contribution in [3.8, 4) is 67.5 Å². The van der Waals surface area contributed by atoms with E-state index in [9.17, 15) is 0 Å². The van der Waals surface area contributed by atoms with E-state index < -0.39 is 5.41 Å². The van der Waals surface area contributed by atoms with Crippen LogP contribution in [-0.4, -0.2) is 15.0 Å². The van der Waals surface area contributed by atoms with Crippen LogP contribution in [0.5, 0.6) is 0 Å². The van der Waals surface area contributed by atoms with Gasteiger partial charge in [0.2, 0.25) is 0 Å². The summed E-state index contributed by atoms with van der Waals surface area (Å²) in [6.07, 6.45) is 0. The second-order valence-corrected chi connectivity index (χ2v) is 22.0. The van der Waals surface area contributed by atoms with Gasteiger partial charge in [-0.05, 0) is 102 Å². The Morgan fingerprint density at radius 1 is 0.338 bits per heavy atom. The molecule has 4 nitrogen and oxygen atoms in total. The summed E-state index contributed by atoms with van der Waals surface area (Å²) in [5.41, 5.74) is 20.2. The van der Waals surface area contributed by atoms with Gasteiger partial charge in [0.1, 0.15) is 11.2 Å². The minimum absolute atomic E-state index is 0.0175. The standard InChI is InChI=1S/C64H55N3O/c1-61(2,3)42-34-48(56-49(35-42)50-36-43(62(4,5)6)37-55(57(50)68-56)63(7,8)9)38-27-29-40(30-28-38)59-65-58(39-19-11-10-12-20-39)66-60(67-59)41-31-32-47-46-23-15-18-26-53(46)64(54(47)33-41)51-24-16-13-21-44(51)45-22-14-17-25-52(45)64/h10-37H,1-9H3. The van der Waals surface area contributed by atoms with Crippen LogP contribution in [0.25, 0.3) is 89.5 Å². The van der Waals surface area contributed by atoms with Gasteiger partial charge in [-0.25, -0.2) is 15.0 Å². The molecular formula is C64H55N3O. The molecule has 10 aromatic rings. The van der Waals surface area contributed by atoms with Gasteiger partial charge in [0.25, 0.3) is 0 Å². The number of fused-ring (bicyclic) bond motifs is 13. The summed E-state index contributed by atoms with van der Waals surface area (Å²) in [4.78, 5) is 15.7. The fourth-order valence-electron chi connectivity index (χ4n) is 11.0. The van der Waals surface area contributed by atoms with Crippen molar-refractivity contribution in [2.75, 3.05) is 0 Å². The number of furan rings is 1. The van der Waals surface area contributed by atoms with Gasteiger partial charge >= 0.3 is 0 Å². The van der Waals surface area contributed by atoms with Gasteiger partial charge in [-0.1, -0.05) is 208 Å². The first-order valence-electron chi connectivity index (χ1n) is 24.0. The highest BCUT2D eigenvalue weighted by molar-refractivity contribution is 6.11. The molecule has 2 heterocycles. The molecule has 332 valence electrons. The Hall–Kier alpha value is -7.43. The largest absolute Gasteiger partial charge is 0.455 e. The Bertz CT molecular complexity index is 3600. The summed E-state index contributed by atoms with van der Waals surface area (Å²) in [5.74, 6) is 1.89. The first kappa shape index (κ1) is 42.0. The van der Waals surface area contributed by atoms with E-state index in [1.165, 1.54) is 66.6 Å². The molecule has 0 saturated heterocycles. The molecule has 12 rings (SSSR count). The smallest absolute Gasteiger partial charge is 0.164 e. The van der Waals surface area contributed by atoms with Crippen molar-refractivity contribution < 1.29 is 4.42 Å². The maximum absolute atomic E-state index is 7.07. The van der Waals surface area contributed by atoms with E-state index in [0.717, 1.165) is 44.4 Å². The number of nitrogens with zero attached hydrogens (tertiary/aromatic N) is 3. The van der Waals surface area contributed by atoms with Crippen LogP contribution in [0.1, 0.15) is 101 Å². The Morgan fingerprint density at radius 3 is 1.29 bits per heavy atom. The van der Waals surface area contributed by atoms with E-state index in [2.05, 4.69) is 214 Å². The zero-order valence-electron chi connectivity index (χ0n) is 40.4. The molecule has 0 aliphatic heterocycles. The first-order valence-corrected chi connectivity index (χ1v) is 24.0. The highest BCUT2D eigenvalue weighted by Gasteiger charge is 2.51. The van der Waals surface area contributed by atoms with Crippen molar-refractivity contribution in [2.45, 2.75) is 84.0 Å². The molecule has 0 atom stereocenters. The van der Waals surface area contributed by atoms with Gasteiger partial charge < -0.3 is 4.42 Å². The maximum atomic E-state index is 7.07. The Labute approximate surface area is 399 Å². The van der Waals surface area contributed by atoms with E-state index in [4.69, 9.17) is 19.4 Å². The molecule has 2 aromatic heterocycles. The van der Waals surface area contributed by atoms with Crippen molar-refractivity contribution in [3.05, 3.63) is 209 Å². The van der Waals surface area contributed by atoms with Gasteiger partial charge in [-0.2, -0.15) is 0 Å². The molecule has 2 aliphatic carbocycles. The number of aromatic nitrogens is 3. The molecule has 8 aromatic carbocycles. The highest BCUT2D eigenvalue weighted by atomic mass is 16.3. The molecule has 68 heavy (non-hydrogen) atoms. The van der Waals surface area contributed by atoms with Crippen molar-refractivity contribution in [1.82, 2.24) is 15.0 Å². The lowest BCUT2D eigenvalue weighted by Crippen LogP contribution is -2.25. The lowest BCUT2D eigenvalue weighted by molar-refractivity contribution is 0.559. The zero-order valence-corrected chi connectivity index (χ0v) is 40.4. The van der Waals surface area contributed by atoms with Gasteiger partial charge in [0.05, 0.1) is 5.41 Å². The van der Waals surface area contributed by atoms with Crippen molar-refractivity contribution in [3.63, 3.8) is 0 Å². The second kappa shape index (κ2) is 14.8. The summed E-state index contributed by atoms with van der Waals surface area (Å²) in [6, 6.07) is 62.0. The van der Waals surface area contributed by atoms with E-state index in [-0.39, 0.29) is 16.2 Å². The SMILES string of the molecule is CC(C)(C)c1cc(-c2ccc(-c3nc(-c4ccccc4)nc(-c4ccc5c(c4)C4(c6ccccc6-c6ccccc64)c4ccccc4-5)n3)cc2)c2oc3c(C(C)(C)C)cc(C(C)(C)C)cc3c2c1. The van der Waals surface area contributed by atoms with E-state index in [1.54, 1.807) is 0 Å². The average Bonchev–Trinajstić information content (AvgIpc) is 3.97. The summed E-state index contributed by atoms with van der Waals surface area (Å²) in [5, 5.41) is 2.33. The van der Waals surface area contributed by atoms with E-state index in [0.29, 0.717) is 17.5 Å². The minimum atomic E-state index is -0.470. The topological polar surface area (TPSA) is 51.8 Å². The van der Waals surface area contributed by atoms with Crippen molar-refractivity contribution >= 4 is 21.9 Å². The van der Waals surface area contributed by atoms with Gasteiger partial charge in [0.15, 0.2) is 17.5 Å². The number of benzene rings is 8. The molecule has 0 N–H and O–H groups in total. The molecule has 0 bridgehead atoms. The van der Waals surface area contributed by atoms with E-state index in [1.807, 2.05) is 18.2 Å². The minimum Gasteiger partial charge on any atom is -0.455 e. The molecule has 2 aliphatic rings. The highest BCUT2D eigenvalue weighted by Crippen LogP contribution is 2.63. The monoisotopic (exact) mass is 881 g/mol. The van der Waals surface area contributed by atoms with Crippen LogP contribution in [0.3, 0.4) is 0 Å². The van der Waals surface area contributed by atoms with Gasteiger partial charge in [-0.3, -0.25) is 0 Å². The van der Waals surface area contributed by atoms with Crippen molar-refractivity contribution in [1.29, 1.82) is 0 Å². The number of hydrogen-bond donors (Lipinski definition) is 0. The summed E-state index contributed by atoms with van der Waals surface area (Å²) in [7, 11) is 0. The first-order chi connectivity index (χ1) is 32.6. The van der Waals surface area contributed by atoms with Crippen LogP contribution in [0.2, 0.25) is 0 Å². The zero-order chi connectivity index (χ0) is 46.9. The van der Waals surface area contributed by atoms with Gasteiger partial charge in [-0.15, -0.1) is 0 Å². The second-order valence-electron chi connectivity index (χ2n) is 22.0. The molecular weight excluding hydrogens is 827 g/mol. The Balaban J connectivity index is 1.02. The van der Waals surface area contributed by atoms with Crippen LogP contribution >= 0.6 is 0 Å². The molecule has 0 saturated carbocycles. The summed E-state index contributed by atoms with van der Waals surface area (Å²) in [6.45, 7) is 20.6. The number of hydrogen-bond acceptors (Lipinski definition) is 4. The summed E-state index contributed by atoms with van der Waals surface area (Å²) < 4.78 is 7.07. The van der Waals surface area contributed by atoms with Crippen LogP contribution < -0.4 is 0 Å². The van der Waals surface area contributed by atoms with Crippen molar-refractivity contribution in [2.24, 2.45) is 0 Å². The quantitative estimate of drug-likeness (QED) is 0.177. The third-order valence-corrected chi connectivity index (χ3v) is 14.6. The fraction of sp³-hybridized carbons (Fsp3) is 0.203. The van der Waals surface area contributed by atoms with Crippen LogP contribution in [0, 0.1) is 0 Å². The molecule has 4 heteroatoms. The lowest BCUT2D eigenvalue weighted by atomic mass is 9.70. The molecule has 1 spiro atoms. The predicted molar refractivity (Wildman–Crippen MR) is 281 cm³/mol. The average molecular weight is 882 g/mol. The molecule has 0 unspecified atom stereocenters. The normalized spacial score (nSPS) is 13.8. The molecule has 0 fully saturated rings. The lowest BCUT2D eigenvalue weighted by Gasteiger charge is -2.30. The van der Waals surface area contributed by atoms with Crippen LogP contribution in [0.4, 0.5) is 0 Å². The Morgan fingerprint density at radius 2 is 0.765 bits per heavy atom. The molecule has 0 amide bonds. The maximum Gasteiger partial charge on any atom is 0.164 e. The fourth-order valence-corrected chi connectivity index (χ4v) is 11.0. The summed E-state index contributed by atoms with van der Waals surface area (Å²) >= 11 is 0.